The summed E-state index contributed by atoms with van der Waals surface area (Å²) in [6.45, 7) is 0. The molecule has 0 radical (unpaired) electrons. The molecule has 1 heterocycles. The quantitative estimate of drug-likeness (QED) is 0.581. The normalized spacial score (nSPS) is 13.2. The molecule has 2 aromatic carbocycles. The van der Waals surface area contributed by atoms with Crippen LogP contribution in [0.15, 0.2) is 48.5 Å². The molecule has 1 aromatic heterocycles. The molecule has 0 bridgehead atoms. The van der Waals surface area contributed by atoms with E-state index in [-0.39, 0.29) is 5.78 Å². The average molecular weight is 399 g/mol. The van der Waals surface area contributed by atoms with Gasteiger partial charge in [0.15, 0.2) is 5.78 Å². The third-order valence-corrected chi connectivity index (χ3v) is 4.67. The van der Waals surface area contributed by atoms with Gasteiger partial charge >= 0.3 is 0 Å². The molecule has 0 aliphatic heterocycles. The summed E-state index contributed by atoms with van der Waals surface area (Å²) >= 11 is 12.2. The van der Waals surface area contributed by atoms with Gasteiger partial charge in [0.1, 0.15) is 5.82 Å². The molecule has 2 N–H and O–H groups in total. The van der Waals surface area contributed by atoms with Crippen LogP contribution in [0, 0.1) is 0 Å². The molecular weight excluding hydrogens is 383 g/mol. The molecule has 136 valence electrons. The van der Waals surface area contributed by atoms with Crippen LogP contribution in [0.2, 0.25) is 10.0 Å². The number of rotatable bonds is 4. The highest BCUT2D eigenvalue weighted by Crippen LogP contribution is 2.31. The Kier molecular flexibility index (Phi) is 4.97. The topological polar surface area (TPSA) is 66.9 Å². The Bertz CT molecular complexity index is 988. The van der Waals surface area contributed by atoms with Crippen molar-refractivity contribution in [1.29, 1.82) is 0 Å². The van der Waals surface area contributed by atoms with E-state index in [0.29, 0.717) is 39.5 Å². The smallest absolute Gasteiger partial charge is 0.229 e. The molecule has 5 nitrogen and oxygen atoms in total. The minimum absolute atomic E-state index is 0.0399. The summed E-state index contributed by atoms with van der Waals surface area (Å²) in [5.74, 6) is 0.935. The highest BCUT2D eigenvalue weighted by atomic mass is 35.5. The lowest BCUT2D eigenvalue weighted by Crippen LogP contribution is -2.17. The predicted octanol–water partition coefficient (Wildman–Crippen LogP) is 5.79. The Hall–Kier alpha value is -2.63. The van der Waals surface area contributed by atoms with Gasteiger partial charge in [0.25, 0.3) is 0 Å². The maximum absolute atomic E-state index is 12.5. The highest BCUT2D eigenvalue weighted by molar-refractivity contribution is 6.35. The van der Waals surface area contributed by atoms with Crippen LogP contribution < -0.4 is 10.6 Å². The van der Waals surface area contributed by atoms with Crippen molar-refractivity contribution in [2.45, 2.75) is 19.3 Å². The molecule has 0 spiro atoms. The molecule has 7 heteroatoms. The Morgan fingerprint density at radius 2 is 1.59 bits per heavy atom. The number of aromatic nitrogens is 2. The molecule has 0 atom stereocenters. The van der Waals surface area contributed by atoms with Gasteiger partial charge in [0.2, 0.25) is 5.95 Å². The number of hydrogen-bond donors (Lipinski definition) is 2. The molecule has 27 heavy (non-hydrogen) atoms. The summed E-state index contributed by atoms with van der Waals surface area (Å²) in [6.07, 6.45) is 2.01. The number of carbonyl (C=O) groups excluding carboxylic acids is 1. The van der Waals surface area contributed by atoms with Gasteiger partial charge in [-0.15, -0.1) is 0 Å². The number of nitrogens with one attached hydrogen (secondary N) is 2. The zero-order valence-corrected chi connectivity index (χ0v) is 15.8. The van der Waals surface area contributed by atoms with Gasteiger partial charge in [-0.2, -0.15) is 4.98 Å². The second-order valence-corrected chi connectivity index (χ2v) is 7.14. The van der Waals surface area contributed by atoms with Crippen LogP contribution in [0.25, 0.3) is 0 Å². The van der Waals surface area contributed by atoms with E-state index in [1.807, 2.05) is 30.3 Å². The zero-order valence-electron chi connectivity index (χ0n) is 14.3. The van der Waals surface area contributed by atoms with E-state index in [9.17, 15) is 4.79 Å². The summed E-state index contributed by atoms with van der Waals surface area (Å²) in [6, 6.07) is 14.8. The first-order chi connectivity index (χ1) is 13.1. The molecule has 1 aliphatic carbocycles. The first-order valence-electron chi connectivity index (χ1n) is 8.58. The Morgan fingerprint density at radius 1 is 0.852 bits per heavy atom. The standard InChI is InChI=1S/C20H16Cl2N4O/c21-12-9-13(22)11-15(10-12)23-19-18-16(7-4-8-17(18)27)25-20(26-19)24-14-5-2-1-3-6-14/h1-3,5-6,9-11H,4,7-8H2,(H2,23,24,25,26). The van der Waals surface area contributed by atoms with Crippen LogP contribution in [-0.4, -0.2) is 15.8 Å². The van der Waals surface area contributed by atoms with Gasteiger partial charge in [-0.05, 0) is 43.2 Å². The van der Waals surface area contributed by atoms with Gasteiger partial charge in [0.05, 0.1) is 11.3 Å². The van der Waals surface area contributed by atoms with Gasteiger partial charge < -0.3 is 10.6 Å². The predicted molar refractivity (Wildman–Crippen MR) is 109 cm³/mol. The first-order valence-corrected chi connectivity index (χ1v) is 9.33. The summed E-state index contributed by atoms with van der Waals surface area (Å²) in [5, 5.41) is 7.39. The molecule has 0 saturated heterocycles. The van der Waals surface area contributed by atoms with Crippen molar-refractivity contribution in [1.82, 2.24) is 9.97 Å². The van der Waals surface area contributed by atoms with Crippen LogP contribution in [-0.2, 0) is 6.42 Å². The number of benzene rings is 2. The molecule has 0 amide bonds. The molecule has 3 aromatic rings. The molecule has 1 aliphatic rings. The van der Waals surface area contributed by atoms with Crippen LogP contribution in [0.3, 0.4) is 0 Å². The number of hydrogen-bond acceptors (Lipinski definition) is 5. The molecule has 0 saturated carbocycles. The summed E-state index contributed by atoms with van der Waals surface area (Å²) in [4.78, 5) is 21.6. The third-order valence-electron chi connectivity index (χ3n) is 4.24. The number of para-hydroxylation sites is 1. The number of carbonyl (C=O) groups is 1. The van der Waals surface area contributed by atoms with E-state index in [1.165, 1.54) is 0 Å². The van der Waals surface area contributed by atoms with Crippen LogP contribution in [0.1, 0.15) is 28.9 Å². The van der Waals surface area contributed by atoms with E-state index < -0.39 is 0 Å². The Labute approximate surface area is 166 Å². The fourth-order valence-electron chi connectivity index (χ4n) is 3.08. The number of aryl methyl sites for hydroxylation is 1. The SMILES string of the molecule is O=C1CCCc2nc(Nc3ccccc3)nc(Nc3cc(Cl)cc(Cl)c3)c21. The number of halogens is 2. The number of anilines is 4. The van der Waals surface area contributed by atoms with Gasteiger partial charge in [0, 0.05) is 27.8 Å². The van der Waals surface area contributed by atoms with Crippen molar-refractivity contribution in [3.63, 3.8) is 0 Å². The second-order valence-electron chi connectivity index (χ2n) is 6.27. The minimum atomic E-state index is 0.0399. The van der Waals surface area contributed by atoms with E-state index in [0.717, 1.165) is 24.2 Å². The minimum Gasteiger partial charge on any atom is -0.339 e. The average Bonchev–Trinajstić information content (AvgIpc) is 2.61. The maximum Gasteiger partial charge on any atom is 0.229 e. The highest BCUT2D eigenvalue weighted by Gasteiger charge is 2.25. The summed E-state index contributed by atoms with van der Waals surface area (Å²) in [5.41, 5.74) is 2.82. The Balaban J connectivity index is 1.75. The second kappa shape index (κ2) is 7.55. The van der Waals surface area contributed by atoms with Crippen LogP contribution in [0.4, 0.5) is 23.1 Å². The van der Waals surface area contributed by atoms with Gasteiger partial charge in [-0.1, -0.05) is 41.4 Å². The third kappa shape index (κ3) is 4.04. The van der Waals surface area contributed by atoms with Crippen molar-refractivity contribution in [3.05, 3.63) is 69.8 Å². The van der Waals surface area contributed by atoms with Gasteiger partial charge in [-0.3, -0.25) is 4.79 Å². The first kappa shape index (κ1) is 17.8. The molecule has 4 rings (SSSR count). The number of Topliss-reactive ketones (excluding diaryl/α,β-unsaturated/α-hetero) is 1. The number of ketones is 1. The largest absolute Gasteiger partial charge is 0.339 e. The van der Waals surface area contributed by atoms with E-state index >= 15 is 0 Å². The van der Waals surface area contributed by atoms with Crippen LogP contribution >= 0.6 is 23.2 Å². The fourth-order valence-corrected chi connectivity index (χ4v) is 3.61. The van der Waals surface area contributed by atoms with E-state index in [2.05, 4.69) is 20.6 Å². The Morgan fingerprint density at radius 3 is 2.33 bits per heavy atom. The van der Waals surface area contributed by atoms with E-state index in [1.54, 1.807) is 18.2 Å². The zero-order chi connectivity index (χ0) is 18.8. The van der Waals surface area contributed by atoms with Crippen LogP contribution in [0.5, 0.6) is 0 Å². The number of nitrogens with zero attached hydrogens (tertiary/aromatic N) is 2. The van der Waals surface area contributed by atoms with E-state index in [4.69, 9.17) is 23.2 Å². The van der Waals surface area contributed by atoms with Crippen molar-refractivity contribution < 1.29 is 4.79 Å². The lowest BCUT2D eigenvalue weighted by molar-refractivity contribution is 0.0972. The molecule has 0 fully saturated rings. The van der Waals surface area contributed by atoms with Gasteiger partial charge in [-0.25, -0.2) is 4.98 Å². The van der Waals surface area contributed by atoms with Crippen molar-refractivity contribution in [2.75, 3.05) is 10.6 Å². The van der Waals surface area contributed by atoms with Crippen molar-refractivity contribution in [3.8, 4) is 0 Å². The van der Waals surface area contributed by atoms with Crippen molar-refractivity contribution >= 4 is 52.1 Å². The lowest BCUT2D eigenvalue weighted by atomic mass is 9.95. The maximum atomic E-state index is 12.5. The van der Waals surface area contributed by atoms with Crippen molar-refractivity contribution in [2.24, 2.45) is 0 Å². The fraction of sp³-hybridized carbons (Fsp3) is 0.150. The number of fused-ring (bicyclic) bond motifs is 1. The summed E-state index contributed by atoms with van der Waals surface area (Å²) < 4.78 is 0. The lowest BCUT2D eigenvalue weighted by Gasteiger charge is -2.19. The molecular formula is C20H16Cl2N4O. The summed E-state index contributed by atoms with van der Waals surface area (Å²) in [7, 11) is 0. The molecule has 0 unspecified atom stereocenters. The monoisotopic (exact) mass is 398 g/mol.